The molecule has 0 spiro atoms. The van der Waals surface area contributed by atoms with Gasteiger partial charge in [0.05, 0.1) is 38.7 Å². The number of esters is 1. The zero-order chi connectivity index (χ0) is 34.9. The molecular formula is C36H35BrN4O8. The largest absolute Gasteiger partial charge is 0.493 e. The number of hydrazone groups is 1. The smallest absolute Gasteiger partial charge is 0.338 e. The molecule has 1 aliphatic heterocycles. The van der Waals surface area contributed by atoms with E-state index < -0.39 is 23.9 Å². The van der Waals surface area contributed by atoms with Crippen LogP contribution in [0.15, 0.2) is 93.6 Å². The predicted molar refractivity (Wildman–Crippen MR) is 187 cm³/mol. The molecule has 0 saturated carbocycles. The summed E-state index contributed by atoms with van der Waals surface area (Å²) in [6, 6.07) is 21.4. The molecule has 12 nitrogen and oxygen atoms in total. The number of allylic oxidation sites excluding steroid dienone is 1. The fourth-order valence-electron chi connectivity index (χ4n) is 5.25. The third kappa shape index (κ3) is 8.30. The molecule has 1 heterocycles. The zero-order valence-corrected chi connectivity index (χ0v) is 28.9. The van der Waals surface area contributed by atoms with Gasteiger partial charge >= 0.3 is 12.0 Å². The Bertz CT molecular complexity index is 1940. The molecule has 49 heavy (non-hydrogen) atoms. The molecule has 3 N–H and O–H groups in total. The molecule has 0 radical (unpaired) electrons. The summed E-state index contributed by atoms with van der Waals surface area (Å²) in [5.74, 6) is 0.536. The Kier molecular flexibility index (Phi) is 11.4. The molecule has 0 saturated heterocycles. The van der Waals surface area contributed by atoms with E-state index in [1.807, 2.05) is 24.3 Å². The van der Waals surface area contributed by atoms with Gasteiger partial charge in [0.25, 0.3) is 5.91 Å². The molecule has 13 heteroatoms. The van der Waals surface area contributed by atoms with E-state index in [1.165, 1.54) is 13.3 Å². The molecule has 0 unspecified atom stereocenters. The summed E-state index contributed by atoms with van der Waals surface area (Å²) in [5.41, 5.74) is 5.34. The lowest BCUT2D eigenvalue weighted by atomic mass is 9.95. The zero-order valence-electron chi connectivity index (χ0n) is 27.3. The number of ether oxygens (including phenoxy) is 5. The van der Waals surface area contributed by atoms with Gasteiger partial charge in [-0.25, -0.2) is 15.0 Å². The molecule has 0 fully saturated rings. The van der Waals surface area contributed by atoms with Gasteiger partial charge in [-0.3, -0.25) is 4.79 Å². The van der Waals surface area contributed by atoms with Gasteiger partial charge in [-0.05, 0) is 75.9 Å². The van der Waals surface area contributed by atoms with Crippen molar-refractivity contribution >= 4 is 50.8 Å². The van der Waals surface area contributed by atoms with Crippen molar-refractivity contribution in [3.05, 3.63) is 105 Å². The van der Waals surface area contributed by atoms with E-state index in [0.29, 0.717) is 45.2 Å². The highest BCUT2D eigenvalue weighted by Crippen LogP contribution is 2.36. The summed E-state index contributed by atoms with van der Waals surface area (Å²) in [4.78, 5) is 37.4. The number of methoxy groups -OCH3 is 2. The van der Waals surface area contributed by atoms with Gasteiger partial charge in [0.2, 0.25) is 0 Å². The van der Waals surface area contributed by atoms with Gasteiger partial charge in [0, 0.05) is 15.7 Å². The maximum atomic E-state index is 12.7. The van der Waals surface area contributed by atoms with Crippen LogP contribution in [0.4, 0.5) is 4.79 Å². The van der Waals surface area contributed by atoms with Crippen LogP contribution in [-0.4, -0.2) is 51.6 Å². The van der Waals surface area contributed by atoms with Crippen LogP contribution < -0.4 is 35.0 Å². The maximum absolute atomic E-state index is 12.7. The van der Waals surface area contributed by atoms with E-state index in [0.717, 1.165) is 16.3 Å². The molecule has 254 valence electrons. The number of hydrogen-bond acceptors (Lipinski definition) is 9. The van der Waals surface area contributed by atoms with Crippen molar-refractivity contribution < 1.29 is 38.1 Å². The Balaban J connectivity index is 1.20. The number of hydrogen-bond donors (Lipinski definition) is 3. The number of rotatable bonds is 13. The van der Waals surface area contributed by atoms with Crippen LogP contribution in [-0.2, 0) is 20.9 Å². The number of halogens is 1. The molecule has 5 rings (SSSR count). The summed E-state index contributed by atoms with van der Waals surface area (Å²) in [5, 5.41) is 11.7. The topological polar surface area (TPSA) is 146 Å². The lowest BCUT2D eigenvalue weighted by molar-refractivity contribution is -0.139. The van der Waals surface area contributed by atoms with Gasteiger partial charge < -0.3 is 34.3 Å². The second kappa shape index (κ2) is 16.0. The van der Waals surface area contributed by atoms with Crippen molar-refractivity contribution in [1.29, 1.82) is 0 Å². The first-order valence-corrected chi connectivity index (χ1v) is 16.1. The fraction of sp³-hybridized carbons (Fsp3) is 0.222. The maximum Gasteiger partial charge on any atom is 0.338 e. The highest BCUT2D eigenvalue weighted by molar-refractivity contribution is 9.10. The Labute approximate surface area is 291 Å². The minimum Gasteiger partial charge on any atom is -0.493 e. The molecule has 3 amide bonds. The van der Waals surface area contributed by atoms with Crippen molar-refractivity contribution in [3.8, 4) is 23.0 Å². The number of benzene rings is 4. The number of carbonyl (C=O) groups is 3. The first-order chi connectivity index (χ1) is 23.7. The highest BCUT2D eigenvalue weighted by Gasteiger charge is 2.32. The Morgan fingerprint density at radius 2 is 1.69 bits per heavy atom. The predicted octanol–water partition coefficient (Wildman–Crippen LogP) is 5.92. The standard InChI is InChI=1S/C36H35BrN4O8/c1-5-47-35(43)33-21(2)39-36(44)40-34(33)23-13-14-28(29(15-23)45-3)49-20-32(42)41-38-18-25-16-30(46-4)31(17-27(25)37)48-19-24-11-8-10-22-9-6-7-12-26(22)24/h6-18,34H,5,19-20H2,1-4H3,(H,41,42)(H2,39,40,44)/b38-18-/t34-/m0/s1. The van der Waals surface area contributed by atoms with Crippen LogP contribution >= 0.6 is 15.9 Å². The molecule has 0 aliphatic carbocycles. The first-order valence-electron chi connectivity index (χ1n) is 15.3. The first kappa shape index (κ1) is 34.8. The molecule has 0 aromatic heterocycles. The van der Waals surface area contributed by atoms with Crippen LogP contribution in [0.2, 0.25) is 0 Å². The number of nitrogens with zero attached hydrogens (tertiary/aromatic N) is 1. The molecule has 1 aliphatic rings. The Hall–Kier alpha value is -5.56. The Morgan fingerprint density at radius 3 is 2.47 bits per heavy atom. The lowest BCUT2D eigenvalue weighted by Gasteiger charge is -2.28. The molecule has 4 aromatic carbocycles. The van der Waals surface area contributed by atoms with E-state index >= 15 is 0 Å². The average Bonchev–Trinajstić information content (AvgIpc) is 3.10. The van der Waals surface area contributed by atoms with E-state index in [4.69, 9.17) is 23.7 Å². The van der Waals surface area contributed by atoms with Gasteiger partial charge in [-0.2, -0.15) is 5.10 Å². The number of carbonyl (C=O) groups excluding carboxylic acids is 3. The third-order valence-corrected chi connectivity index (χ3v) is 8.27. The van der Waals surface area contributed by atoms with Crippen molar-refractivity contribution in [3.63, 3.8) is 0 Å². The third-order valence-electron chi connectivity index (χ3n) is 7.58. The minimum atomic E-state index is -0.781. The average molecular weight is 732 g/mol. The summed E-state index contributed by atoms with van der Waals surface area (Å²) in [6.07, 6.45) is 1.47. The van der Waals surface area contributed by atoms with Gasteiger partial charge in [-0.1, -0.05) is 48.5 Å². The van der Waals surface area contributed by atoms with Crippen molar-refractivity contribution in [2.75, 3.05) is 27.4 Å². The van der Waals surface area contributed by atoms with Crippen LogP contribution in [0, 0.1) is 0 Å². The van der Waals surface area contributed by atoms with Crippen molar-refractivity contribution in [2.24, 2.45) is 5.10 Å². The highest BCUT2D eigenvalue weighted by atomic mass is 79.9. The van der Waals surface area contributed by atoms with E-state index in [-0.39, 0.29) is 24.5 Å². The Morgan fingerprint density at radius 1 is 0.939 bits per heavy atom. The normalized spacial score (nSPS) is 14.2. The summed E-state index contributed by atoms with van der Waals surface area (Å²) >= 11 is 3.55. The molecule has 1 atom stereocenters. The number of nitrogens with one attached hydrogen (secondary N) is 3. The SMILES string of the molecule is CCOC(=O)C1=C(C)NC(=O)N[C@H]1c1ccc(OCC(=O)N/N=C\c2cc(OC)c(OCc3cccc4ccccc34)cc2Br)c(OC)c1. The molecule has 4 aromatic rings. The fourth-order valence-corrected chi connectivity index (χ4v) is 5.68. The van der Waals surface area contributed by atoms with Gasteiger partial charge in [-0.15, -0.1) is 0 Å². The quantitative estimate of drug-likeness (QED) is 0.0874. The van der Waals surface area contributed by atoms with Crippen LogP contribution in [0.1, 0.15) is 36.6 Å². The van der Waals surface area contributed by atoms with Crippen molar-refractivity contribution in [2.45, 2.75) is 26.5 Å². The number of amides is 3. The minimum absolute atomic E-state index is 0.179. The number of urea groups is 1. The monoisotopic (exact) mass is 730 g/mol. The van der Waals surface area contributed by atoms with E-state index in [2.05, 4.69) is 55.3 Å². The van der Waals surface area contributed by atoms with Crippen molar-refractivity contribution in [1.82, 2.24) is 16.1 Å². The summed E-state index contributed by atoms with van der Waals surface area (Å²) in [6.45, 7) is 3.49. The van der Waals surface area contributed by atoms with Crippen LogP contribution in [0.3, 0.4) is 0 Å². The second-order valence-corrected chi connectivity index (χ2v) is 11.6. The lowest BCUT2D eigenvalue weighted by Crippen LogP contribution is -2.45. The van der Waals surface area contributed by atoms with E-state index in [9.17, 15) is 14.4 Å². The van der Waals surface area contributed by atoms with Gasteiger partial charge in [0.15, 0.2) is 29.6 Å². The number of fused-ring (bicyclic) bond motifs is 1. The summed E-state index contributed by atoms with van der Waals surface area (Å²) in [7, 11) is 2.99. The molecular weight excluding hydrogens is 696 g/mol. The second-order valence-electron chi connectivity index (χ2n) is 10.7. The van der Waals surface area contributed by atoms with E-state index in [1.54, 1.807) is 51.3 Å². The van der Waals surface area contributed by atoms with Crippen LogP contribution in [0.5, 0.6) is 23.0 Å². The molecule has 0 bridgehead atoms. The van der Waals surface area contributed by atoms with Gasteiger partial charge in [0.1, 0.15) is 6.61 Å². The van der Waals surface area contributed by atoms with Crippen LogP contribution in [0.25, 0.3) is 10.8 Å². The summed E-state index contributed by atoms with van der Waals surface area (Å²) < 4.78 is 28.7.